The smallest absolute Gasteiger partial charge is 0.125 e. The highest BCUT2D eigenvalue weighted by molar-refractivity contribution is 5.46. The summed E-state index contributed by atoms with van der Waals surface area (Å²) in [6.07, 6.45) is 3.87. The summed E-state index contributed by atoms with van der Waals surface area (Å²) in [5.74, 6) is -0.254. The van der Waals surface area contributed by atoms with Crippen molar-refractivity contribution in [3.63, 3.8) is 0 Å². The molecule has 19 heavy (non-hydrogen) atoms. The monoisotopic (exact) mass is 263 g/mol. The van der Waals surface area contributed by atoms with Crippen LogP contribution in [0.2, 0.25) is 0 Å². The molecule has 2 unspecified atom stereocenters. The van der Waals surface area contributed by atoms with Gasteiger partial charge in [0, 0.05) is 37.4 Å². The SMILES string of the molecule is CN1C2CCC1CN(Cc1ccc(F)cc1N)CC2. The van der Waals surface area contributed by atoms with Crippen molar-refractivity contribution < 1.29 is 4.39 Å². The Morgan fingerprint density at radius 3 is 2.84 bits per heavy atom. The molecule has 104 valence electrons. The largest absolute Gasteiger partial charge is 0.398 e. The van der Waals surface area contributed by atoms with Crippen molar-refractivity contribution in [1.29, 1.82) is 0 Å². The van der Waals surface area contributed by atoms with Crippen LogP contribution in [0.1, 0.15) is 24.8 Å². The van der Waals surface area contributed by atoms with E-state index in [0.29, 0.717) is 11.7 Å². The van der Waals surface area contributed by atoms with E-state index in [2.05, 4.69) is 16.8 Å². The number of likely N-dealkylation sites (N-methyl/N-ethyl adjacent to an activating group) is 1. The zero-order chi connectivity index (χ0) is 13.4. The average molecular weight is 263 g/mol. The first-order chi connectivity index (χ1) is 9.13. The molecule has 2 saturated heterocycles. The molecule has 0 radical (unpaired) electrons. The van der Waals surface area contributed by atoms with E-state index in [1.54, 1.807) is 0 Å². The zero-order valence-electron chi connectivity index (χ0n) is 11.5. The number of hydrogen-bond acceptors (Lipinski definition) is 3. The van der Waals surface area contributed by atoms with Gasteiger partial charge in [-0.1, -0.05) is 6.07 Å². The second-order valence-electron chi connectivity index (χ2n) is 5.92. The Morgan fingerprint density at radius 2 is 2.05 bits per heavy atom. The third-order valence-electron chi connectivity index (χ3n) is 4.73. The number of fused-ring (bicyclic) bond motifs is 2. The molecule has 2 bridgehead atoms. The normalized spacial score (nSPS) is 28.5. The van der Waals surface area contributed by atoms with Gasteiger partial charge in [0.25, 0.3) is 0 Å². The van der Waals surface area contributed by atoms with Crippen LogP contribution >= 0.6 is 0 Å². The van der Waals surface area contributed by atoms with Crippen LogP contribution in [0.15, 0.2) is 18.2 Å². The highest BCUT2D eigenvalue weighted by Crippen LogP contribution is 2.29. The van der Waals surface area contributed by atoms with Gasteiger partial charge in [-0.15, -0.1) is 0 Å². The molecule has 2 fully saturated rings. The lowest BCUT2D eigenvalue weighted by molar-refractivity contribution is 0.215. The minimum Gasteiger partial charge on any atom is -0.398 e. The maximum Gasteiger partial charge on any atom is 0.125 e. The van der Waals surface area contributed by atoms with Gasteiger partial charge in [-0.3, -0.25) is 9.80 Å². The third-order valence-corrected chi connectivity index (χ3v) is 4.73. The summed E-state index contributed by atoms with van der Waals surface area (Å²) in [7, 11) is 2.25. The van der Waals surface area contributed by atoms with E-state index in [0.717, 1.165) is 31.2 Å². The van der Waals surface area contributed by atoms with Crippen LogP contribution in [0.25, 0.3) is 0 Å². The number of anilines is 1. The number of rotatable bonds is 2. The van der Waals surface area contributed by atoms with Gasteiger partial charge in [-0.2, -0.15) is 0 Å². The minimum absolute atomic E-state index is 0.254. The number of nitrogen functional groups attached to an aromatic ring is 1. The van der Waals surface area contributed by atoms with Gasteiger partial charge in [0.15, 0.2) is 0 Å². The molecule has 2 N–H and O–H groups in total. The minimum atomic E-state index is -0.254. The van der Waals surface area contributed by atoms with Gasteiger partial charge < -0.3 is 5.73 Å². The molecule has 0 saturated carbocycles. The third kappa shape index (κ3) is 2.60. The molecule has 0 spiro atoms. The van der Waals surface area contributed by atoms with Crippen molar-refractivity contribution in [2.24, 2.45) is 0 Å². The highest BCUT2D eigenvalue weighted by atomic mass is 19.1. The molecule has 2 aliphatic heterocycles. The lowest BCUT2D eigenvalue weighted by Crippen LogP contribution is -2.36. The Balaban J connectivity index is 1.70. The summed E-state index contributed by atoms with van der Waals surface area (Å²) < 4.78 is 13.1. The molecule has 2 heterocycles. The van der Waals surface area contributed by atoms with Crippen molar-refractivity contribution in [1.82, 2.24) is 9.80 Å². The second-order valence-corrected chi connectivity index (χ2v) is 5.92. The summed E-state index contributed by atoms with van der Waals surface area (Å²) in [6, 6.07) is 6.17. The van der Waals surface area contributed by atoms with Crippen LogP contribution in [-0.4, -0.2) is 42.0 Å². The number of benzene rings is 1. The van der Waals surface area contributed by atoms with Crippen LogP contribution in [-0.2, 0) is 6.54 Å². The van der Waals surface area contributed by atoms with E-state index in [1.807, 2.05) is 6.07 Å². The van der Waals surface area contributed by atoms with E-state index < -0.39 is 0 Å². The standard InChI is InChI=1S/C15H22FN3/c1-18-13-4-5-14(18)10-19(7-6-13)9-11-2-3-12(16)8-15(11)17/h2-3,8,13-14H,4-7,9-10,17H2,1H3. The Kier molecular flexibility index (Phi) is 3.46. The molecule has 3 rings (SSSR count). The van der Waals surface area contributed by atoms with Crippen LogP contribution in [0.5, 0.6) is 0 Å². The first kappa shape index (κ1) is 12.9. The van der Waals surface area contributed by atoms with Crippen LogP contribution in [0.3, 0.4) is 0 Å². The molecule has 1 aromatic rings. The van der Waals surface area contributed by atoms with E-state index in [1.165, 1.54) is 31.4 Å². The fourth-order valence-electron chi connectivity index (χ4n) is 3.47. The van der Waals surface area contributed by atoms with Gasteiger partial charge in [-0.05, 0) is 44.0 Å². The van der Waals surface area contributed by atoms with Crippen molar-refractivity contribution in [2.75, 3.05) is 25.9 Å². The number of likely N-dealkylation sites (tertiary alicyclic amines) is 1. The van der Waals surface area contributed by atoms with Gasteiger partial charge in [0.2, 0.25) is 0 Å². The first-order valence-electron chi connectivity index (χ1n) is 7.11. The van der Waals surface area contributed by atoms with Crippen molar-refractivity contribution in [3.05, 3.63) is 29.6 Å². The summed E-state index contributed by atoms with van der Waals surface area (Å²) in [5, 5.41) is 0. The van der Waals surface area contributed by atoms with Gasteiger partial charge in [-0.25, -0.2) is 4.39 Å². The van der Waals surface area contributed by atoms with E-state index in [9.17, 15) is 4.39 Å². The summed E-state index contributed by atoms with van der Waals surface area (Å²) in [6.45, 7) is 3.05. The van der Waals surface area contributed by atoms with E-state index >= 15 is 0 Å². The van der Waals surface area contributed by atoms with Gasteiger partial charge in [0.1, 0.15) is 5.82 Å². The molecule has 1 aromatic carbocycles. The number of hydrogen-bond donors (Lipinski definition) is 1. The van der Waals surface area contributed by atoms with Crippen molar-refractivity contribution >= 4 is 5.69 Å². The molecule has 2 aliphatic rings. The van der Waals surface area contributed by atoms with Crippen LogP contribution in [0.4, 0.5) is 10.1 Å². The highest BCUT2D eigenvalue weighted by Gasteiger charge is 2.34. The Bertz CT molecular complexity index is 463. The molecule has 0 amide bonds. The average Bonchev–Trinajstić information content (AvgIpc) is 2.60. The van der Waals surface area contributed by atoms with Crippen molar-refractivity contribution in [3.8, 4) is 0 Å². The summed E-state index contributed by atoms with van der Waals surface area (Å²) in [5.41, 5.74) is 7.52. The molecule has 2 atom stereocenters. The fraction of sp³-hybridized carbons (Fsp3) is 0.600. The topological polar surface area (TPSA) is 32.5 Å². The van der Waals surface area contributed by atoms with Crippen molar-refractivity contribution in [2.45, 2.75) is 37.9 Å². The Morgan fingerprint density at radius 1 is 1.26 bits per heavy atom. The predicted molar refractivity (Wildman–Crippen MR) is 75.3 cm³/mol. The number of nitrogens with zero attached hydrogens (tertiary/aromatic N) is 2. The quantitative estimate of drug-likeness (QED) is 0.829. The first-order valence-corrected chi connectivity index (χ1v) is 7.11. The zero-order valence-corrected chi connectivity index (χ0v) is 11.5. The summed E-state index contributed by atoms with van der Waals surface area (Å²) >= 11 is 0. The number of nitrogens with two attached hydrogens (primary N) is 1. The Hall–Kier alpha value is -1.13. The summed E-state index contributed by atoms with van der Waals surface area (Å²) in [4.78, 5) is 5.00. The Labute approximate surface area is 114 Å². The van der Waals surface area contributed by atoms with Crippen LogP contribution in [0, 0.1) is 5.82 Å². The van der Waals surface area contributed by atoms with Gasteiger partial charge >= 0.3 is 0 Å². The molecule has 4 heteroatoms. The molecular formula is C15H22FN3. The lowest BCUT2D eigenvalue weighted by atomic mass is 10.1. The van der Waals surface area contributed by atoms with E-state index in [-0.39, 0.29) is 5.82 Å². The molecule has 3 nitrogen and oxygen atoms in total. The van der Waals surface area contributed by atoms with Gasteiger partial charge in [0.05, 0.1) is 0 Å². The predicted octanol–water partition coefficient (Wildman–Crippen LogP) is 2.08. The molecular weight excluding hydrogens is 241 g/mol. The van der Waals surface area contributed by atoms with E-state index in [4.69, 9.17) is 5.73 Å². The maximum absolute atomic E-state index is 13.1. The van der Waals surface area contributed by atoms with Crippen LogP contribution < -0.4 is 5.73 Å². The molecule has 0 aliphatic carbocycles. The fourth-order valence-corrected chi connectivity index (χ4v) is 3.47. The number of halogens is 1. The molecule has 0 aromatic heterocycles. The maximum atomic E-state index is 13.1. The second kappa shape index (κ2) is 5.10. The lowest BCUT2D eigenvalue weighted by Gasteiger charge is -2.26.